The van der Waals surface area contributed by atoms with E-state index in [9.17, 15) is 13.2 Å². The third kappa shape index (κ3) is 3.67. The van der Waals surface area contributed by atoms with Crippen LogP contribution in [0, 0.1) is 0 Å². The number of aryl methyl sites for hydroxylation is 1. The van der Waals surface area contributed by atoms with Crippen molar-refractivity contribution < 1.29 is 8.42 Å². The van der Waals surface area contributed by atoms with E-state index in [0.717, 1.165) is 11.8 Å². The maximum absolute atomic E-state index is 12.0. The summed E-state index contributed by atoms with van der Waals surface area (Å²) in [7, 11) is -3.80. The van der Waals surface area contributed by atoms with Gasteiger partial charge in [0.05, 0.1) is 4.90 Å². The summed E-state index contributed by atoms with van der Waals surface area (Å²) in [6.45, 7) is 2.53. The zero-order chi connectivity index (χ0) is 18.0. The molecule has 0 spiro atoms. The maximum Gasteiger partial charge on any atom is 0.252 e. The van der Waals surface area contributed by atoms with Gasteiger partial charge in [0.1, 0.15) is 5.65 Å². The lowest BCUT2D eigenvalue weighted by molar-refractivity contribution is 0.598. The Hall–Kier alpha value is -2.78. The normalized spacial score (nSPS) is 11.6. The van der Waals surface area contributed by atoms with Crippen molar-refractivity contribution in [1.29, 1.82) is 0 Å². The molecule has 25 heavy (non-hydrogen) atoms. The van der Waals surface area contributed by atoms with Crippen LogP contribution in [-0.4, -0.2) is 23.0 Å². The van der Waals surface area contributed by atoms with Gasteiger partial charge in [0, 0.05) is 29.9 Å². The molecule has 0 saturated heterocycles. The van der Waals surface area contributed by atoms with Crippen molar-refractivity contribution in [3.8, 4) is 0 Å². The summed E-state index contributed by atoms with van der Waals surface area (Å²) in [5.74, 6) is 0.259. The molecule has 0 aliphatic rings. The molecule has 8 nitrogen and oxygen atoms in total. The van der Waals surface area contributed by atoms with E-state index in [1.54, 1.807) is 29.0 Å². The van der Waals surface area contributed by atoms with Crippen LogP contribution in [0.3, 0.4) is 0 Å². The second-order valence-electron chi connectivity index (χ2n) is 5.49. The van der Waals surface area contributed by atoms with Gasteiger partial charge in [0.15, 0.2) is 0 Å². The molecule has 0 aliphatic heterocycles. The topological polar surface area (TPSA) is 120 Å². The van der Waals surface area contributed by atoms with E-state index in [4.69, 9.17) is 5.14 Å². The Kier molecular flexibility index (Phi) is 4.51. The minimum absolute atomic E-state index is 0.0128. The SMILES string of the molecule is CCCn1c(=O)ccc2cnc(Nc3cccc(S(N)(=O)=O)c3)nc21. The number of hydrogen-bond acceptors (Lipinski definition) is 6. The Morgan fingerprint density at radius 1 is 1.24 bits per heavy atom. The fourth-order valence-corrected chi connectivity index (χ4v) is 3.01. The highest BCUT2D eigenvalue weighted by Gasteiger charge is 2.10. The number of anilines is 2. The average molecular weight is 359 g/mol. The molecule has 0 atom stereocenters. The zero-order valence-corrected chi connectivity index (χ0v) is 14.3. The smallest absolute Gasteiger partial charge is 0.252 e. The van der Waals surface area contributed by atoms with Gasteiger partial charge in [-0.25, -0.2) is 18.5 Å². The van der Waals surface area contributed by atoms with Crippen LogP contribution in [0.4, 0.5) is 11.6 Å². The van der Waals surface area contributed by atoms with E-state index < -0.39 is 10.0 Å². The number of aromatic nitrogens is 3. The minimum Gasteiger partial charge on any atom is -0.324 e. The highest BCUT2D eigenvalue weighted by molar-refractivity contribution is 7.89. The van der Waals surface area contributed by atoms with Crippen LogP contribution in [-0.2, 0) is 16.6 Å². The highest BCUT2D eigenvalue weighted by atomic mass is 32.2. The number of primary sulfonamides is 1. The van der Waals surface area contributed by atoms with Crippen molar-refractivity contribution in [2.45, 2.75) is 24.8 Å². The van der Waals surface area contributed by atoms with Gasteiger partial charge in [-0.3, -0.25) is 9.36 Å². The summed E-state index contributed by atoms with van der Waals surface area (Å²) in [6, 6.07) is 9.20. The van der Waals surface area contributed by atoms with E-state index in [1.165, 1.54) is 18.2 Å². The molecular weight excluding hydrogens is 342 g/mol. The predicted octanol–water partition coefficient (Wildman–Crippen LogP) is 1.59. The number of rotatable bonds is 5. The first-order valence-corrected chi connectivity index (χ1v) is 9.19. The van der Waals surface area contributed by atoms with Gasteiger partial charge in [-0.15, -0.1) is 0 Å². The number of fused-ring (bicyclic) bond motifs is 1. The molecule has 1 aromatic carbocycles. The number of sulfonamides is 1. The molecule has 0 unspecified atom stereocenters. The van der Waals surface area contributed by atoms with Crippen molar-refractivity contribution in [2.24, 2.45) is 5.14 Å². The standard InChI is InChI=1S/C16H17N5O3S/c1-2-8-21-14(22)7-6-11-10-18-16(20-15(11)21)19-12-4-3-5-13(9-12)25(17,23)24/h3-7,9-10H,2,8H2,1H3,(H2,17,23,24)(H,18,19,20). The molecule has 3 aromatic rings. The Morgan fingerprint density at radius 2 is 2.04 bits per heavy atom. The highest BCUT2D eigenvalue weighted by Crippen LogP contribution is 2.18. The van der Waals surface area contributed by atoms with Crippen molar-refractivity contribution in [3.05, 3.63) is 52.9 Å². The number of nitrogens with one attached hydrogen (secondary N) is 1. The fourth-order valence-electron chi connectivity index (χ4n) is 2.45. The zero-order valence-electron chi connectivity index (χ0n) is 13.5. The number of hydrogen-bond donors (Lipinski definition) is 2. The van der Waals surface area contributed by atoms with Crippen LogP contribution in [0.1, 0.15) is 13.3 Å². The summed E-state index contributed by atoms with van der Waals surface area (Å²) in [5.41, 5.74) is 0.871. The first-order valence-electron chi connectivity index (χ1n) is 7.65. The van der Waals surface area contributed by atoms with Gasteiger partial charge < -0.3 is 5.32 Å². The quantitative estimate of drug-likeness (QED) is 0.714. The Balaban J connectivity index is 2.03. The van der Waals surface area contributed by atoms with Crippen LogP contribution in [0.15, 0.2) is 52.3 Å². The van der Waals surface area contributed by atoms with Crippen LogP contribution >= 0.6 is 0 Å². The van der Waals surface area contributed by atoms with Crippen molar-refractivity contribution in [1.82, 2.24) is 14.5 Å². The summed E-state index contributed by atoms with van der Waals surface area (Å²) < 4.78 is 24.5. The first kappa shape index (κ1) is 17.1. The molecule has 0 saturated carbocycles. The van der Waals surface area contributed by atoms with E-state index in [-0.39, 0.29) is 16.4 Å². The van der Waals surface area contributed by atoms with E-state index in [2.05, 4.69) is 15.3 Å². The van der Waals surface area contributed by atoms with Gasteiger partial charge in [-0.1, -0.05) is 13.0 Å². The van der Waals surface area contributed by atoms with E-state index in [0.29, 0.717) is 17.9 Å². The monoisotopic (exact) mass is 359 g/mol. The Morgan fingerprint density at radius 3 is 2.76 bits per heavy atom. The lowest BCUT2D eigenvalue weighted by atomic mass is 10.3. The molecule has 0 bridgehead atoms. The van der Waals surface area contributed by atoms with Crippen LogP contribution in [0.2, 0.25) is 0 Å². The van der Waals surface area contributed by atoms with Crippen molar-refractivity contribution >= 4 is 32.7 Å². The summed E-state index contributed by atoms with van der Waals surface area (Å²) in [5, 5.41) is 8.83. The molecular formula is C16H17N5O3S. The molecule has 130 valence electrons. The Labute approximate surface area is 144 Å². The second-order valence-corrected chi connectivity index (χ2v) is 7.06. The summed E-state index contributed by atoms with van der Waals surface area (Å²) in [4.78, 5) is 20.6. The second kappa shape index (κ2) is 6.61. The number of nitrogens with two attached hydrogens (primary N) is 1. The Bertz CT molecular complexity index is 1090. The minimum atomic E-state index is -3.80. The van der Waals surface area contributed by atoms with E-state index >= 15 is 0 Å². The van der Waals surface area contributed by atoms with Crippen molar-refractivity contribution in [3.63, 3.8) is 0 Å². The van der Waals surface area contributed by atoms with Crippen LogP contribution < -0.4 is 16.0 Å². The van der Waals surface area contributed by atoms with Gasteiger partial charge in [0.2, 0.25) is 16.0 Å². The van der Waals surface area contributed by atoms with E-state index in [1.807, 2.05) is 6.92 Å². The average Bonchev–Trinajstić information content (AvgIpc) is 2.57. The summed E-state index contributed by atoms with van der Waals surface area (Å²) >= 11 is 0. The molecule has 3 N–H and O–H groups in total. The lowest BCUT2D eigenvalue weighted by Crippen LogP contribution is -2.20. The largest absolute Gasteiger partial charge is 0.324 e. The third-order valence-electron chi connectivity index (χ3n) is 3.59. The molecule has 0 fully saturated rings. The number of benzene rings is 1. The first-order chi connectivity index (χ1) is 11.9. The predicted molar refractivity (Wildman–Crippen MR) is 95.2 cm³/mol. The lowest BCUT2D eigenvalue weighted by Gasteiger charge is -2.10. The molecule has 2 aromatic heterocycles. The number of nitrogens with zero attached hydrogens (tertiary/aromatic N) is 3. The maximum atomic E-state index is 12.0. The molecule has 3 rings (SSSR count). The fraction of sp³-hybridized carbons (Fsp3) is 0.188. The van der Waals surface area contributed by atoms with Crippen molar-refractivity contribution in [2.75, 3.05) is 5.32 Å². The molecule has 9 heteroatoms. The molecule has 0 radical (unpaired) electrons. The molecule has 2 heterocycles. The number of pyridine rings is 1. The van der Waals surface area contributed by atoms with Gasteiger partial charge in [0.25, 0.3) is 5.56 Å². The van der Waals surface area contributed by atoms with Crippen LogP contribution in [0.5, 0.6) is 0 Å². The molecule has 0 amide bonds. The van der Waals surface area contributed by atoms with Crippen LogP contribution in [0.25, 0.3) is 11.0 Å². The summed E-state index contributed by atoms with van der Waals surface area (Å²) in [6.07, 6.45) is 2.40. The van der Waals surface area contributed by atoms with Gasteiger partial charge in [-0.05, 0) is 30.7 Å². The van der Waals surface area contributed by atoms with Gasteiger partial charge in [-0.2, -0.15) is 4.98 Å². The third-order valence-corrected chi connectivity index (χ3v) is 4.50. The molecule has 0 aliphatic carbocycles. The van der Waals surface area contributed by atoms with Gasteiger partial charge >= 0.3 is 0 Å².